The van der Waals surface area contributed by atoms with Gasteiger partial charge in [0.2, 0.25) is 0 Å². The number of benzene rings is 1. The van der Waals surface area contributed by atoms with E-state index in [-0.39, 0.29) is 11.9 Å². The van der Waals surface area contributed by atoms with Crippen molar-refractivity contribution in [1.29, 1.82) is 0 Å². The van der Waals surface area contributed by atoms with E-state index in [4.69, 9.17) is 11.6 Å². The number of aromatic nitrogens is 2. The Morgan fingerprint density at radius 3 is 2.65 bits per heavy atom. The number of rotatable bonds is 4. The Morgan fingerprint density at radius 1 is 1.27 bits per heavy atom. The van der Waals surface area contributed by atoms with Crippen LogP contribution in [0.25, 0.3) is 0 Å². The minimum atomic E-state index is -0.143. The number of amides is 3. The van der Waals surface area contributed by atoms with Gasteiger partial charge in [-0.25, -0.2) is 4.79 Å². The Labute approximate surface area is 157 Å². The number of likely N-dealkylation sites (tertiary alicyclic amines) is 1. The lowest BCUT2D eigenvalue weighted by Crippen LogP contribution is -2.43. The van der Waals surface area contributed by atoms with Crippen LogP contribution in [-0.2, 0) is 7.05 Å². The summed E-state index contributed by atoms with van der Waals surface area (Å²) in [4.78, 5) is 26.2. The smallest absolute Gasteiger partial charge is 0.321 e. The summed E-state index contributed by atoms with van der Waals surface area (Å²) >= 11 is 6.07. The molecule has 0 aliphatic carbocycles. The molecule has 2 heterocycles. The van der Waals surface area contributed by atoms with E-state index in [1.807, 2.05) is 12.1 Å². The minimum Gasteiger partial charge on any atom is -0.352 e. The molecule has 1 saturated heterocycles. The van der Waals surface area contributed by atoms with Crippen LogP contribution in [0.15, 0.2) is 36.7 Å². The summed E-state index contributed by atoms with van der Waals surface area (Å²) < 4.78 is 1.60. The third-order valence-corrected chi connectivity index (χ3v) is 4.87. The standard InChI is InChI=1S/C18H22ClN5O2/c1-23-12-14(11-21-23)17(25)20-10-13-6-8-24(9-7-13)18(26)22-16-5-3-2-4-15(16)19/h2-5,11-13H,6-10H2,1H3,(H,20,25)(H,22,26). The van der Waals surface area contributed by atoms with Crippen molar-refractivity contribution in [2.24, 2.45) is 13.0 Å². The Morgan fingerprint density at radius 2 is 2.00 bits per heavy atom. The number of nitrogens with one attached hydrogen (secondary N) is 2. The summed E-state index contributed by atoms with van der Waals surface area (Å²) in [5, 5.41) is 10.3. The highest BCUT2D eigenvalue weighted by molar-refractivity contribution is 6.33. The van der Waals surface area contributed by atoms with E-state index >= 15 is 0 Å². The molecule has 3 amide bonds. The molecule has 1 aromatic heterocycles. The molecule has 0 bridgehead atoms. The van der Waals surface area contributed by atoms with Crippen molar-refractivity contribution in [3.8, 4) is 0 Å². The van der Waals surface area contributed by atoms with Crippen molar-refractivity contribution < 1.29 is 9.59 Å². The molecule has 7 nitrogen and oxygen atoms in total. The van der Waals surface area contributed by atoms with Gasteiger partial charge in [-0.3, -0.25) is 9.48 Å². The van der Waals surface area contributed by atoms with Gasteiger partial charge in [-0.15, -0.1) is 0 Å². The van der Waals surface area contributed by atoms with Crippen LogP contribution in [-0.4, -0.2) is 46.3 Å². The van der Waals surface area contributed by atoms with E-state index in [0.29, 0.717) is 41.8 Å². The molecule has 0 atom stereocenters. The summed E-state index contributed by atoms with van der Waals surface area (Å²) in [7, 11) is 1.78. The van der Waals surface area contributed by atoms with Gasteiger partial charge in [0.15, 0.2) is 0 Å². The van der Waals surface area contributed by atoms with Crippen molar-refractivity contribution in [2.45, 2.75) is 12.8 Å². The maximum Gasteiger partial charge on any atom is 0.321 e. The molecule has 0 unspecified atom stereocenters. The summed E-state index contributed by atoms with van der Waals surface area (Å²) in [6.07, 6.45) is 4.94. The second-order valence-electron chi connectivity index (χ2n) is 6.45. The lowest BCUT2D eigenvalue weighted by molar-refractivity contribution is 0.0938. The zero-order valence-electron chi connectivity index (χ0n) is 14.6. The number of halogens is 1. The van der Waals surface area contributed by atoms with Crippen LogP contribution in [0.4, 0.5) is 10.5 Å². The van der Waals surface area contributed by atoms with E-state index in [0.717, 1.165) is 12.8 Å². The van der Waals surface area contributed by atoms with Crippen molar-refractivity contribution in [3.63, 3.8) is 0 Å². The Kier molecular flexibility index (Phi) is 5.78. The number of nitrogens with zero attached hydrogens (tertiary/aromatic N) is 3. The molecule has 2 N–H and O–H groups in total. The Hall–Kier alpha value is -2.54. The summed E-state index contributed by atoms with van der Waals surface area (Å²) in [5.74, 6) is 0.247. The molecule has 26 heavy (non-hydrogen) atoms. The Balaban J connectivity index is 1.43. The fourth-order valence-corrected chi connectivity index (χ4v) is 3.16. The fraction of sp³-hybridized carbons (Fsp3) is 0.389. The number of carbonyl (C=O) groups is 2. The molecule has 138 valence electrons. The fourth-order valence-electron chi connectivity index (χ4n) is 2.97. The number of anilines is 1. The van der Waals surface area contributed by atoms with Crippen molar-refractivity contribution in [1.82, 2.24) is 20.0 Å². The van der Waals surface area contributed by atoms with Crippen LogP contribution in [0.3, 0.4) is 0 Å². The number of aryl methyl sites for hydroxylation is 1. The zero-order valence-corrected chi connectivity index (χ0v) is 15.4. The number of para-hydroxylation sites is 1. The van der Waals surface area contributed by atoms with Crippen LogP contribution in [0, 0.1) is 5.92 Å². The van der Waals surface area contributed by atoms with Gasteiger partial charge in [-0.2, -0.15) is 5.10 Å². The van der Waals surface area contributed by atoms with Crippen LogP contribution in [0.5, 0.6) is 0 Å². The monoisotopic (exact) mass is 375 g/mol. The van der Waals surface area contributed by atoms with Gasteiger partial charge in [0.1, 0.15) is 0 Å². The van der Waals surface area contributed by atoms with Gasteiger partial charge >= 0.3 is 6.03 Å². The molecule has 0 saturated carbocycles. The quantitative estimate of drug-likeness (QED) is 0.862. The molecule has 1 fully saturated rings. The molecule has 0 spiro atoms. The van der Waals surface area contributed by atoms with Crippen molar-refractivity contribution >= 4 is 29.2 Å². The van der Waals surface area contributed by atoms with Gasteiger partial charge in [0.25, 0.3) is 5.91 Å². The molecular formula is C18H22ClN5O2. The zero-order chi connectivity index (χ0) is 18.5. The van der Waals surface area contributed by atoms with Gasteiger partial charge in [0, 0.05) is 32.9 Å². The predicted octanol–water partition coefficient (Wildman–Crippen LogP) is 2.75. The van der Waals surface area contributed by atoms with E-state index in [1.165, 1.54) is 0 Å². The normalized spacial score (nSPS) is 14.9. The van der Waals surface area contributed by atoms with Crippen LogP contribution >= 0.6 is 11.6 Å². The third kappa shape index (κ3) is 4.54. The molecule has 2 aromatic rings. The summed E-state index contributed by atoms with van der Waals surface area (Å²) in [6.45, 7) is 1.92. The van der Waals surface area contributed by atoms with E-state index in [9.17, 15) is 9.59 Å². The number of urea groups is 1. The van der Waals surface area contributed by atoms with Gasteiger partial charge in [0.05, 0.1) is 22.5 Å². The first-order chi connectivity index (χ1) is 12.5. The first kappa shape index (κ1) is 18.3. The first-order valence-electron chi connectivity index (χ1n) is 8.60. The third-order valence-electron chi connectivity index (χ3n) is 4.54. The summed E-state index contributed by atoms with van der Waals surface area (Å²) in [5.41, 5.74) is 1.18. The van der Waals surface area contributed by atoms with E-state index in [2.05, 4.69) is 15.7 Å². The maximum atomic E-state index is 12.4. The van der Waals surface area contributed by atoms with E-state index < -0.39 is 0 Å². The second-order valence-corrected chi connectivity index (χ2v) is 6.86. The van der Waals surface area contributed by atoms with E-state index in [1.54, 1.807) is 41.2 Å². The molecule has 1 aromatic carbocycles. The highest BCUT2D eigenvalue weighted by Gasteiger charge is 2.23. The molecule has 3 rings (SSSR count). The number of hydrogen-bond donors (Lipinski definition) is 2. The van der Waals surface area contributed by atoms with Gasteiger partial charge in [-0.1, -0.05) is 23.7 Å². The van der Waals surface area contributed by atoms with Crippen LogP contribution in [0.1, 0.15) is 23.2 Å². The average molecular weight is 376 g/mol. The topological polar surface area (TPSA) is 79.3 Å². The maximum absolute atomic E-state index is 12.4. The van der Waals surface area contributed by atoms with Crippen molar-refractivity contribution in [3.05, 3.63) is 47.2 Å². The van der Waals surface area contributed by atoms with Crippen molar-refractivity contribution in [2.75, 3.05) is 25.0 Å². The number of hydrogen-bond acceptors (Lipinski definition) is 3. The molecule has 1 aliphatic rings. The first-order valence-corrected chi connectivity index (χ1v) is 8.98. The minimum absolute atomic E-state index is 0.114. The summed E-state index contributed by atoms with van der Waals surface area (Å²) in [6, 6.07) is 7.04. The lowest BCUT2D eigenvalue weighted by atomic mass is 9.97. The van der Waals surface area contributed by atoms with Gasteiger partial charge < -0.3 is 15.5 Å². The van der Waals surface area contributed by atoms with Crippen LogP contribution < -0.4 is 10.6 Å². The second kappa shape index (κ2) is 8.23. The average Bonchev–Trinajstić information content (AvgIpc) is 3.08. The molecule has 8 heteroatoms. The highest BCUT2D eigenvalue weighted by atomic mass is 35.5. The Bertz CT molecular complexity index is 783. The number of piperidine rings is 1. The van der Waals surface area contributed by atoms with Crippen LogP contribution in [0.2, 0.25) is 5.02 Å². The lowest BCUT2D eigenvalue weighted by Gasteiger charge is -2.32. The highest BCUT2D eigenvalue weighted by Crippen LogP contribution is 2.22. The largest absolute Gasteiger partial charge is 0.352 e. The van der Waals surface area contributed by atoms with Gasteiger partial charge in [-0.05, 0) is 30.9 Å². The molecular weight excluding hydrogens is 354 g/mol. The molecule has 0 radical (unpaired) electrons. The number of carbonyl (C=O) groups excluding carboxylic acids is 2. The predicted molar refractivity (Wildman–Crippen MR) is 100 cm³/mol. The molecule has 1 aliphatic heterocycles. The SMILES string of the molecule is Cn1cc(C(=O)NCC2CCN(C(=O)Nc3ccccc3Cl)CC2)cn1.